The van der Waals surface area contributed by atoms with E-state index in [1.165, 1.54) is 4.21 Å². The Hall–Kier alpha value is -0.970. The van der Waals surface area contributed by atoms with Gasteiger partial charge in [-0.25, -0.2) is 0 Å². The average molecular weight is 266 g/mol. The minimum absolute atomic E-state index is 0.534. The number of ether oxygens (including phenoxy) is 1. The van der Waals surface area contributed by atoms with Gasteiger partial charge in [-0.2, -0.15) is 0 Å². The quantitative estimate of drug-likeness (QED) is 0.908. The fraction of sp³-hybridized carbons (Fsp3) is 0.231. The predicted molar refractivity (Wildman–Crippen MR) is 72.1 cm³/mol. The molecule has 1 atom stereocenters. The number of aliphatic hydroxyl groups is 1. The van der Waals surface area contributed by atoms with E-state index in [0.717, 1.165) is 16.2 Å². The monoisotopic (exact) mass is 266 g/mol. The molecule has 4 heteroatoms. The highest BCUT2D eigenvalue weighted by Crippen LogP contribution is 2.39. The summed E-state index contributed by atoms with van der Waals surface area (Å²) >= 11 is 3.35. The number of hydrogen-bond acceptors (Lipinski definition) is 4. The Kier molecular flexibility index (Phi) is 4.10. The minimum atomic E-state index is -0.534. The Morgan fingerprint density at radius 1 is 1.29 bits per heavy atom. The highest BCUT2D eigenvalue weighted by atomic mass is 32.2. The van der Waals surface area contributed by atoms with Gasteiger partial charge < -0.3 is 9.84 Å². The summed E-state index contributed by atoms with van der Waals surface area (Å²) in [5.41, 5.74) is 0.855. The van der Waals surface area contributed by atoms with Crippen LogP contribution in [0.25, 0.3) is 0 Å². The van der Waals surface area contributed by atoms with Crippen LogP contribution in [0.15, 0.2) is 44.8 Å². The molecule has 0 bridgehead atoms. The summed E-state index contributed by atoms with van der Waals surface area (Å²) in [6, 6.07) is 9.92. The van der Waals surface area contributed by atoms with Gasteiger partial charge in [0, 0.05) is 10.5 Å². The SMILES string of the molecule is COc1cccc(Sc2cccs2)c1[C@H](C)O. The number of rotatable bonds is 4. The summed E-state index contributed by atoms with van der Waals surface area (Å²) in [4.78, 5) is 1.04. The normalized spacial score (nSPS) is 12.4. The molecule has 0 aliphatic rings. The molecular weight excluding hydrogens is 252 g/mol. The molecule has 2 aromatic rings. The highest BCUT2D eigenvalue weighted by molar-refractivity contribution is 8.01. The Morgan fingerprint density at radius 3 is 2.71 bits per heavy atom. The molecule has 17 heavy (non-hydrogen) atoms. The van der Waals surface area contributed by atoms with E-state index in [9.17, 15) is 5.11 Å². The second-order valence-electron chi connectivity index (χ2n) is 3.58. The zero-order valence-corrected chi connectivity index (χ0v) is 11.3. The van der Waals surface area contributed by atoms with Crippen LogP contribution in [0, 0.1) is 0 Å². The smallest absolute Gasteiger partial charge is 0.125 e. The van der Waals surface area contributed by atoms with Crippen molar-refractivity contribution >= 4 is 23.1 Å². The van der Waals surface area contributed by atoms with Gasteiger partial charge in [-0.15, -0.1) is 11.3 Å². The molecule has 0 aliphatic carbocycles. The second-order valence-corrected chi connectivity index (χ2v) is 5.87. The fourth-order valence-corrected chi connectivity index (χ4v) is 3.60. The van der Waals surface area contributed by atoms with Crippen molar-refractivity contribution in [2.24, 2.45) is 0 Å². The van der Waals surface area contributed by atoms with Gasteiger partial charge in [0.25, 0.3) is 0 Å². The second kappa shape index (κ2) is 5.58. The van der Waals surface area contributed by atoms with Crippen molar-refractivity contribution in [3.63, 3.8) is 0 Å². The third-order valence-electron chi connectivity index (χ3n) is 2.37. The first-order valence-corrected chi connectivity index (χ1v) is 6.98. The molecule has 2 rings (SSSR count). The maximum absolute atomic E-state index is 9.86. The van der Waals surface area contributed by atoms with Crippen LogP contribution in [0.1, 0.15) is 18.6 Å². The third kappa shape index (κ3) is 2.83. The number of aliphatic hydroxyl groups excluding tert-OH is 1. The minimum Gasteiger partial charge on any atom is -0.496 e. The number of thiophene rings is 1. The van der Waals surface area contributed by atoms with Crippen molar-refractivity contribution in [1.29, 1.82) is 0 Å². The predicted octanol–water partition coefficient (Wildman–Crippen LogP) is 3.96. The summed E-state index contributed by atoms with van der Waals surface area (Å²) in [5, 5.41) is 11.9. The lowest BCUT2D eigenvalue weighted by Crippen LogP contribution is -1.98. The lowest BCUT2D eigenvalue weighted by molar-refractivity contribution is 0.191. The highest BCUT2D eigenvalue weighted by Gasteiger charge is 2.15. The van der Waals surface area contributed by atoms with E-state index in [1.54, 1.807) is 37.1 Å². The maximum Gasteiger partial charge on any atom is 0.125 e. The summed E-state index contributed by atoms with van der Waals surface area (Å²) in [5.74, 6) is 0.738. The van der Waals surface area contributed by atoms with Crippen molar-refractivity contribution in [3.8, 4) is 5.75 Å². The van der Waals surface area contributed by atoms with Crippen molar-refractivity contribution in [1.82, 2.24) is 0 Å². The lowest BCUT2D eigenvalue weighted by Gasteiger charge is -2.15. The fourth-order valence-electron chi connectivity index (χ4n) is 1.63. The Bertz CT molecular complexity index is 478. The largest absolute Gasteiger partial charge is 0.496 e. The average Bonchev–Trinajstić information content (AvgIpc) is 2.81. The van der Waals surface area contributed by atoms with Gasteiger partial charge in [-0.05, 0) is 30.5 Å². The van der Waals surface area contributed by atoms with Gasteiger partial charge in [-0.1, -0.05) is 23.9 Å². The van der Waals surface area contributed by atoms with E-state index in [0.29, 0.717) is 0 Å². The molecule has 0 amide bonds. The van der Waals surface area contributed by atoms with Crippen LogP contribution in [0.2, 0.25) is 0 Å². The molecule has 2 nitrogen and oxygen atoms in total. The van der Waals surface area contributed by atoms with Crippen molar-refractivity contribution in [2.75, 3.05) is 7.11 Å². The molecule has 0 radical (unpaired) electrons. The van der Waals surface area contributed by atoms with Crippen LogP contribution >= 0.6 is 23.1 Å². The zero-order valence-electron chi connectivity index (χ0n) is 9.71. The van der Waals surface area contributed by atoms with Gasteiger partial charge in [0.2, 0.25) is 0 Å². The zero-order chi connectivity index (χ0) is 12.3. The summed E-state index contributed by atoms with van der Waals surface area (Å²) < 4.78 is 6.51. The molecule has 0 unspecified atom stereocenters. The van der Waals surface area contributed by atoms with Crippen molar-refractivity contribution < 1.29 is 9.84 Å². The Morgan fingerprint density at radius 2 is 2.12 bits per heavy atom. The molecule has 0 fully saturated rings. The molecule has 0 saturated carbocycles. The van der Waals surface area contributed by atoms with E-state index in [2.05, 4.69) is 6.07 Å². The molecule has 0 aliphatic heterocycles. The van der Waals surface area contributed by atoms with Gasteiger partial charge in [0.05, 0.1) is 17.4 Å². The van der Waals surface area contributed by atoms with Gasteiger partial charge >= 0.3 is 0 Å². The maximum atomic E-state index is 9.86. The van der Waals surface area contributed by atoms with E-state index in [4.69, 9.17) is 4.74 Å². The molecule has 90 valence electrons. The van der Waals surface area contributed by atoms with Crippen molar-refractivity contribution in [2.45, 2.75) is 22.1 Å². The van der Waals surface area contributed by atoms with Crippen LogP contribution in [0.3, 0.4) is 0 Å². The van der Waals surface area contributed by atoms with E-state index in [-0.39, 0.29) is 0 Å². The van der Waals surface area contributed by atoms with Gasteiger partial charge in [-0.3, -0.25) is 0 Å². The van der Waals surface area contributed by atoms with E-state index >= 15 is 0 Å². The molecule has 1 heterocycles. The third-order valence-corrected chi connectivity index (χ3v) is 4.48. The van der Waals surface area contributed by atoms with Crippen LogP contribution in [-0.4, -0.2) is 12.2 Å². The van der Waals surface area contributed by atoms with E-state index < -0.39 is 6.10 Å². The molecule has 0 saturated heterocycles. The topological polar surface area (TPSA) is 29.5 Å². The first kappa shape index (κ1) is 12.5. The molecule has 1 aromatic carbocycles. The Balaban J connectivity index is 2.39. The molecule has 1 N–H and O–H groups in total. The van der Waals surface area contributed by atoms with Gasteiger partial charge in [0.15, 0.2) is 0 Å². The first-order valence-electron chi connectivity index (χ1n) is 5.28. The summed E-state index contributed by atoms with van der Waals surface area (Å²) in [6.07, 6.45) is -0.534. The number of benzene rings is 1. The summed E-state index contributed by atoms with van der Waals surface area (Å²) in [6.45, 7) is 1.76. The molecule has 1 aromatic heterocycles. The van der Waals surface area contributed by atoms with Gasteiger partial charge in [0.1, 0.15) is 5.75 Å². The van der Waals surface area contributed by atoms with Crippen LogP contribution < -0.4 is 4.74 Å². The summed E-state index contributed by atoms with van der Waals surface area (Å²) in [7, 11) is 1.63. The van der Waals surface area contributed by atoms with Crippen LogP contribution in [0.4, 0.5) is 0 Å². The van der Waals surface area contributed by atoms with Crippen molar-refractivity contribution in [3.05, 3.63) is 41.3 Å². The first-order chi connectivity index (χ1) is 8.22. The number of hydrogen-bond donors (Lipinski definition) is 1. The van der Waals surface area contributed by atoms with Crippen LogP contribution in [-0.2, 0) is 0 Å². The Labute approximate surface area is 109 Å². The lowest BCUT2D eigenvalue weighted by atomic mass is 10.1. The molecular formula is C13H14O2S2. The number of methoxy groups -OCH3 is 1. The van der Waals surface area contributed by atoms with Crippen LogP contribution in [0.5, 0.6) is 5.75 Å². The van der Waals surface area contributed by atoms with E-state index in [1.807, 2.05) is 29.6 Å². The molecule has 0 spiro atoms. The standard InChI is InChI=1S/C13H14O2S2/c1-9(14)13-10(15-2)5-3-6-11(13)17-12-7-4-8-16-12/h3-9,14H,1-2H3/t9-/m0/s1.